The Balaban J connectivity index is 1.44. The molecule has 1 heterocycles. The molecular formula is C22H25N3O3S. The first-order valence-electron chi connectivity index (χ1n) is 10.3. The molecule has 0 radical (unpaired) electrons. The molecule has 4 bridgehead atoms. The summed E-state index contributed by atoms with van der Waals surface area (Å²) >= 11 is 1.28. The number of nitrogens with zero attached hydrogens (tertiary/aromatic N) is 1. The van der Waals surface area contributed by atoms with Gasteiger partial charge in [-0.1, -0.05) is 41.7 Å². The summed E-state index contributed by atoms with van der Waals surface area (Å²) in [6.07, 6.45) is 6.37. The smallest absolute Gasteiger partial charge is 0.413 e. The van der Waals surface area contributed by atoms with Crippen molar-refractivity contribution < 1.29 is 14.3 Å². The number of carbonyl (C=O) groups excluding carboxylic acids is 2. The van der Waals surface area contributed by atoms with Gasteiger partial charge in [0.1, 0.15) is 10.7 Å². The normalized spacial score (nSPS) is 29.5. The third-order valence-electron chi connectivity index (χ3n) is 6.82. The van der Waals surface area contributed by atoms with E-state index in [1.165, 1.54) is 37.7 Å². The van der Waals surface area contributed by atoms with Gasteiger partial charge in [-0.15, -0.1) is 0 Å². The number of ether oxygens (including phenoxy) is 1. The molecular weight excluding hydrogens is 386 g/mol. The summed E-state index contributed by atoms with van der Waals surface area (Å²) in [7, 11) is 1.32. The van der Waals surface area contributed by atoms with E-state index in [-0.39, 0.29) is 11.3 Å². The number of hydrogen-bond donors (Lipinski definition) is 2. The molecule has 0 spiro atoms. The summed E-state index contributed by atoms with van der Waals surface area (Å²) < 4.78 is 4.68. The minimum absolute atomic E-state index is 0.127. The molecule has 2 N–H and O–H groups in total. The van der Waals surface area contributed by atoms with Crippen molar-refractivity contribution in [3.05, 3.63) is 30.3 Å². The van der Waals surface area contributed by atoms with Gasteiger partial charge in [0.15, 0.2) is 5.13 Å². The van der Waals surface area contributed by atoms with E-state index in [0.717, 1.165) is 24.8 Å². The van der Waals surface area contributed by atoms with Crippen molar-refractivity contribution in [3.8, 4) is 11.3 Å². The van der Waals surface area contributed by atoms with E-state index in [4.69, 9.17) is 0 Å². The first-order chi connectivity index (χ1) is 14.0. The second-order valence-corrected chi connectivity index (χ2v) is 9.83. The van der Waals surface area contributed by atoms with Gasteiger partial charge in [0.05, 0.1) is 12.5 Å². The van der Waals surface area contributed by atoms with Crippen LogP contribution in [0.1, 0.15) is 38.5 Å². The molecule has 4 fully saturated rings. The second kappa shape index (κ2) is 7.13. The van der Waals surface area contributed by atoms with Gasteiger partial charge in [-0.2, -0.15) is 0 Å². The minimum Gasteiger partial charge on any atom is -0.453 e. The first kappa shape index (κ1) is 18.6. The van der Waals surface area contributed by atoms with E-state index in [1.54, 1.807) is 0 Å². The van der Waals surface area contributed by atoms with Crippen molar-refractivity contribution in [1.29, 1.82) is 0 Å². The molecule has 4 saturated carbocycles. The van der Waals surface area contributed by atoms with E-state index in [1.807, 2.05) is 30.3 Å². The number of rotatable bonds is 4. The summed E-state index contributed by atoms with van der Waals surface area (Å²) in [4.78, 5) is 29.7. The molecule has 1 aromatic heterocycles. The van der Waals surface area contributed by atoms with Crippen molar-refractivity contribution in [2.45, 2.75) is 38.5 Å². The molecule has 2 amide bonds. The molecule has 6 nitrogen and oxygen atoms in total. The van der Waals surface area contributed by atoms with Gasteiger partial charge >= 0.3 is 6.09 Å². The van der Waals surface area contributed by atoms with Gasteiger partial charge in [0.2, 0.25) is 5.91 Å². The van der Waals surface area contributed by atoms with Crippen molar-refractivity contribution in [1.82, 2.24) is 4.98 Å². The van der Waals surface area contributed by atoms with Crippen molar-refractivity contribution >= 4 is 33.5 Å². The average Bonchev–Trinajstić information content (AvgIpc) is 3.09. The van der Waals surface area contributed by atoms with Crippen LogP contribution in [0.25, 0.3) is 11.3 Å². The van der Waals surface area contributed by atoms with E-state index in [2.05, 4.69) is 20.4 Å². The van der Waals surface area contributed by atoms with Crippen molar-refractivity contribution in [3.63, 3.8) is 0 Å². The van der Waals surface area contributed by atoms with E-state index in [0.29, 0.717) is 33.6 Å². The summed E-state index contributed by atoms with van der Waals surface area (Å²) in [5.41, 5.74) is 1.35. The zero-order valence-electron chi connectivity index (χ0n) is 16.4. The van der Waals surface area contributed by atoms with Gasteiger partial charge in [-0.3, -0.25) is 10.1 Å². The molecule has 1 aromatic carbocycles. The van der Waals surface area contributed by atoms with Crippen LogP contribution in [0.2, 0.25) is 0 Å². The monoisotopic (exact) mass is 411 g/mol. The summed E-state index contributed by atoms with van der Waals surface area (Å²) in [5, 5.41) is 6.93. The van der Waals surface area contributed by atoms with Crippen LogP contribution in [0.5, 0.6) is 0 Å². The van der Waals surface area contributed by atoms with Gasteiger partial charge in [0.25, 0.3) is 0 Å². The molecule has 29 heavy (non-hydrogen) atoms. The molecule has 7 heteroatoms. The highest BCUT2D eigenvalue weighted by Gasteiger charge is 2.54. The Hall–Kier alpha value is -2.41. The third kappa shape index (κ3) is 3.41. The fraction of sp³-hybridized carbons (Fsp3) is 0.500. The Morgan fingerprint density at radius 3 is 2.24 bits per heavy atom. The molecule has 4 aliphatic carbocycles. The maximum atomic E-state index is 13.5. The van der Waals surface area contributed by atoms with E-state index >= 15 is 0 Å². The number of methoxy groups -OCH3 is 1. The third-order valence-corrected chi connectivity index (χ3v) is 7.70. The number of nitrogens with one attached hydrogen (secondary N) is 2. The first-order valence-corrected chi connectivity index (χ1v) is 11.1. The Labute approximate surface area is 174 Å². The maximum Gasteiger partial charge on any atom is 0.413 e. The van der Waals surface area contributed by atoms with Gasteiger partial charge in [-0.05, 0) is 56.3 Å². The highest BCUT2D eigenvalue weighted by atomic mass is 32.1. The Morgan fingerprint density at radius 2 is 1.66 bits per heavy atom. The molecule has 0 atom stereocenters. The predicted molar refractivity (Wildman–Crippen MR) is 113 cm³/mol. The summed E-state index contributed by atoms with van der Waals surface area (Å²) in [6, 6.07) is 9.73. The van der Waals surface area contributed by atoms with Crippen molar-refractivity contribution in [2.75, 3.05) is 17.7 Å². The largest absolute Gasteiger partial charge is 0.453 e. The highest BCUT2D eigenvalue weighted by Crippen LogP contribution is 2.60. The average molecular weight is 412 g/mol. The minimum atomic E-state index is -0.572. The fourth-order valence-corrected chi connectivity index (χ4v) is 6.88. The predicted octanol–water partition coefficient (Wildman–Crippen LogP) is 5.14. The molecule has 6 rings (SSSR count). The topological polar surface area (TPSA) is 80.3 Å². The number of benzene rings is 1. The highest BCUT2D eigenvalue weighted by molar-refractivity contribution is 7.20. The lowest BCUT2D eigenvalue weighted by Crippen LogP contribution is -2.51. The molecule has 0 saturated heterocycles. The van der Waals surface area contributed by atoms with Crippen LogP contribution in [0.3, 0.4) is 0 Å². The molecule has 0 aliphatic heterocycles. The maximum absolute atomic E-state index is 13.5. The quantitative estimate of drug-likeness (QED) is 0.730. The standard InChI is InChI=1S/C22H25N3O3S/c1-28-21(27)25-20-23-17(16-5-3-2-4-6-16)18(29-20)24-19(26)22-10-13-7-14(11-22)9-15(8-13)12-22/h2-6,13-15H,7-12H2,1H3,(H,24,26)(H,23,25,27). The Bertz CT molecular complexity index is 905. The van der Waals surface area contributed by atoms with Crippen LogP contribution < -0.4 is 10.6 Å². The van der Waals surface area contributed by atoms with Gasteiger partial charge in [0, 0.05) is 5.56 Å². The lowest BCUT2D eigenvalue weighted by atomic mass is 9.49. The van der Waals surface area contributed by atoms with E-state index < -0.39 is 6.09 Å². The zero-order valence-corrected chi connectivity index (χ0v) is 17.3. The SMILES string of the molecule is COC(=O)Nc1nc(-c2ccccc2)c(NC(=O)C23CC4CC(CC(C4)C2)C3)s1. The lowest BCUT2D eigenvalue weighted by molar-refractivity contribution is -0.140. The van der Waals surface area contributed by atoms with Gasteiger partial charge in [-0.25, -0.2) is 9.78 Å². The molecule has 0 unspecified atom stereocenters. The van der Waals surface area contributed by atoms with Crippen LogP contribution in [0.4, 0.5) is 14.9 Å². The number of amides is 2. The van der Waals surface area contributed by atoms with Gasteiger partial charge < -0.3 is 10.1 Å². The summed E-state index contributed by atoms with van der Waals surface area (Å²) in [6.45, 7) is 0. The van der Waals surface area contributed by atoms with Crippen LogP contribution in [-0.2, 0) is 9.53 Å². The van der Waals surface area contributed by atoms with Crippen LogP contribution >= 0.6 is 11.3 Å². The molecule has 2 aromatic rings. The Kier molecular flexibility index (Phi) is 4.57. The van der Waals surface area contributed by atoms with Crippen LogP contribution in [0.15, 0.2) is 30.3 Å². The number of hydrogen-bond acceptors (Lipinski definition) is 5. The Morgan fingerprint density at radius 1 is 1.03 bits per heavy atom. The number of carbonyl (C=O) groups is 2. The number of anilines is 2. The van der Waals surface area contributed by atoms with Crippen LogP contribution in [-0.4, -0.2) is 24.1 Å². The van der Waals surface area contributed by atoms with Crippen LogP contribution in [0, 0.1) is 23.2 Å². The second-order valence-electron chi connectivity index (χ2n) is 8.83. The summed E-state index contributed by atoms with van der Waals surface area (Å²) in [5.74, 6) is 2.25. The lowest BCUT2D eigenvalue weighted by Gasteiger charge is -2.55. The number of thiazole rings is 1. The zero-order chi connectivity index (χ0) is 20.0. The molecule has 152 valence electrons. The number of aromatic nitrogens is 1. The van der Waals surface area contributed by atoms with Crippen molar-refractivity contribution in [2.24, 2.45) is 23.2 Å². The van der Waals surface area contributed by atoms with E-state index in [9.17, 15) is 9.59 Å². The fourth-order valence-electron chi connectivity index (χ4n) is 6.01. The molecule has 4 aliphatic rings.